The minimum absolute atomic E-state index is 0.0184. The largest absolute Gasteiger partial charge is 0.493 e. The first kappa shape index (κ1) is 29.3. The second kappa shape index (κ2) is 11.6. The van der Waals surface area contributed by atoms with E-state index in [-0.39, 0.29) is 19.4 Å². The topological polar surface area (TPSA) is 97.8 Å². The van der Waals surface area contributed by atoms with E-state index in [1.165, 1.54) is 11.3 Å². The van der Waals surface area contributed by atoms with E-state index in [2.05, 4.69) is 24.4 Å². The molecule has 41 heavy (non-hydrogen) atoms. The summed E-state index contributed by atoms with van der Waals surface area (Å²) >= 11 is 1.39. The molecule has 2 N–H and O–H groups in total. The van der Waals surface area contributed by atoms with E-state index in [1.807, 2.05) is 12.1 Å². The molecule has 2 aliphatic rings. The fraction of sp³-hybridized carbons (Fsp3) is 0.500. The number of amides is 1. The van der Waals surface area contributed by atoms with Crippen molar-refractivity contribution in [3.63, 3.8) is 0 Å². The van der Waals surface area contributed by atoms with Crippen molar-refractivity contribution in [1.29, 1.82) is 0 Å². The van der Waals surface area contributed by atoms with Crippen molar-refractivity contribution >= 4 is 33.7 Å². The predicted octanol–water partition coefficient (Wildman–Crippen LogP) is 3.66. The number of benzene rings is 2. The first-order chi connectivity index (χ1) is 19.6. The van der Waals surface area contributed by atoms with Crippen LogP contribution in [0.4, 0.5) is 8.78 Å². The molecule has 8 nitrogen and oxygen atoms in total. The molecule has 1 atom stereocenters. The van der Waals surface area contributed by atoms with Crippen LogP contribution in [0, 0.1) is 28.9 Å². The van der Waals surface area contributed by atoms with Crippen LogP contribution in [0.25, 0.3) is 10.2 Å². The van der Waals surface area contributed by atoms with Gasteiger partial charge in [-0.05, 0) is 36.1 Å². The Hall–Kier alpha value is -3.15. The maximum Gasteiger partial charge on any atom is 0.228 e. The molecular formula is C30H36F2N3O5S+. The lowest BCUT2D eigenvalue weighted by Crippen LogP contribution is -2.48. The van der Waals surface area contributed by atoms with Gasteiger partial charge in [-0.1, -0.05) is 0 Å². The molecule has 1 saturated heterocycles. The highest BCUT2D eigenvalue weighted by atomic mass is 32.1. The Bertz CT molecular complexity index is 1420. The summed E-state index contributed by atoms with van der Waals surface area (Å²) in [5.74, 6) is -1.81. The molecule has 2 heterocycles. The molecule has 5 rings (SSSR count). The van der Waals surface area contributed by atoms with Crippen LogP contribution in [0.2, 0.25) is 0 Å². The minimum atomic E-state index is -1.35. The second-order valence-electron chi connectivity index (χ2n) is 11.9. The number of aldehydes is 1. The Labute approximate surface area is 241 Å². The minimum Gasteiger partial charge on any atom is -0.493 e. The Morgan fingerprint density at radius 1 is 1.17 bits per heavy atom. The molecule has 1 unspecified atom stereocenters. The van der Waals surface area contributed by atoms with Gasteiger partial charge in [-0.3, -0.25) is 4.79 Å². The molecule has 1 fully saturated rings. The smallest absolute Gasteiger partial charge is 0.228 e. The number of nitrogens with one attached hydrogen (secondary N) is 1. The lowest BCUT2D eigenvalue weighted by molar-refractivity contribution is -0.896. The molecule has 1 aliphatic carbocycles. The fourth-order valence-electron chi connectivity index (χ4n) is 6.00. The lowest BCUT2D eigenvalue weighted by atomic mass is 9.73. The Morgan fingerprint density at radius 2 is 1.83 bits per heavy atom. The predicted molar refractivity (Wildman–Crippen MR) is 151 cm³/mol. The number of rotatable bonds is 10. The summed E-state index contributed by atoms with van der Waals surface area (Å²) in [6.45, 7) is 2.38. The highest BCUT2D eigenvalue weighted by molar-refractivity contribution is 7.18. The quantitative estimate of drug-likeness (QED) is 0.277. The highest BCUT2D eigenvalue weighted by Gasteiger charge is 2.50. The van der Waals surface area contributed by atoms with Crippen molar-refractivity contribution in [1.82, 2.24) is 10.3 Å². The SMILES string of the molecule is COc1cc2sc(CNC(=O)C3(C(C=O)CO)Cc4cc(F)c(F)cc4C3)nc2cc1OCC1CC[N+](C)(C)CC1. The summed E-state index contributed by atoms with van der Waals surface area (Å²) in [7, 11) is 6.09. The number of thiazole rings is 1. The first-order valence-corrected chi connectivity index (χ1v) is 14.6. The summed E-state index contributed by atoms with van der Waals surface area (Å²) in [5.41, 5.74) is 0.268. The molecule has 0 saturated carbocycles. The number of aromatic nitrogens is 1. The van der Waals surface area contributed by atoms with E-state index in [4.69, 9.17) is 9.47 Å². The van der Waals surface area contributed by atoms with Gasteiger partial charge in [0.15, 0.2) is 23.1 Å². The van der Waals surface area contributed by atoms with Gasteiger partial charge in [0.1, 0.15) is 11.3 Å². The van der Waals surface area contributed by atoms with Crippen molar-refractivity contribution in [2.75, 3.05) is 47.5 Å². The van der Waals surface area contributed by atoms with E-state index >= 15 is 0 Å². The van der Waals surface area contributed by atoms with Gasteiger partial charge in [-0.2, -0.15) is 0 Å². The molecule has 2 aromatic carbocycles. The molecule has 11 heteroatoms. The van der Waals surface area contributed by atoms with Gasteiger partial charge < -0.3 is 29.2 Å². The number of aliphatic hydroxyl groups excluding tert-OH is 1. The van der Waals surface area contributed by atoms with Crippen LogP contribution in [0.1, 0.15) is 29.0 Å². The number of ether oxygens (including phenoxy) is 2. The van der Waals surface area contributed by atoms with Gasteiger partial charge in [0, 0.05) is 30.9 Å². The molecule has 0 radical (unpaired) electrons. The van der Waals surface area contributed by atoms with E-state index in [0.717, 1.165) is 47.2 Å². The molecular weight excluding hydrogens is 552 g/mol. The number of hydrogen-bond acceptors (Lipinski definition) is 7. The van der Waals surface area contributed by atoms with Crippen LogP contribution < -0.4 is 14.8 Å². The average molecular weight is 589 g/mol. The average Bonchev–Trinajstić information content (AvgIpc) is 3.52. The maximum atomic E-state index is 13.9. The zero-order chi connectivity index (χ0) is 29.4. The summed E-state index contributed by atoms with van der Waals surface area (Å²) in [4.78, 5) is 30.1. The summed E-state index contributed by atoms with van der Waals surface area (Å²) in [5, 5.41) is 13.4. The molecule has 1 aliphatic heterocycles. The Balaban J connectivity index is 1.30. The maximum absolute atomic E-state index is 13.9. The van der Waals surface area contributed by atoms with Crippen molar-refractivity contribution < 1.29 is 37.4 Å². The Kier molecular flexibility index (Phi) is 8.31. The number of quaternary nitrogens is 1. The summed E-state index contributed by atoms with van der Waals surface area (Å²) in [6, 6.07) is 5.85. The van der Waals surface area contributed by atoms with E-state index in [9.17, 15) is 23.5 Å². The van der Waals surface area contributed by atoms with Gasteiger partial charge in [-0.25, -0.2) is 13.8 Å². The van der Waals surface area contributed by atoms with Crippen molar-refractivity contribution in [2.45, 2.75) is 32.2 Å². The van der Waals surface area contributed by atoms with Gasteiger partial charge >= 0.3 is 0 Å². The zero-order valence-corrected chi connectivity index (χ0v) is 24.4. The second-order valence-corrected chi connectivity index (χ2v) is 13.0. The molecule has 3 aromatic rings. The van der Waals surface area contributed by atoms with Crippen LogP contribution in [-0.4, -0.2) is 74.3 Å². The number of halogens is 2. The number of piperidine rings is 1. The normalized spacial score (nSPS) is 18.6. The standard InChI is InChI=1S/C30H35F2N3O5S/c1-35(2)6-4-18(5-7-35)17-40-26-10-24-27(11-25(26)39-3)41-28(34-24)14-33-29(38)30(21(15-36)16-37)12-19-8-22(31)23(32)9-20(19)13-30/h8-11,15,18,21,37H,4-7,12-14,16-17H2,1-3H3/p+1. The van der Waals surface area contributed by atoms with Gasteiger partial charge in [-0.15, -0.1) is 11.3 Å². The number of carbonyl (C=O) groups excluding carboxylic acids is 2. The molecule has 1 amide bonds. The van der Waals surface area contributed by atoms with Crippen molar-refractivity contribution in [3.05, 3.63) is 52.0 Å². The number of likely N-dealkylation sites (tertiary alicyclic amines) is 1. The number of nitrogens with zero attached hydrogens (tertiary/aromatic N) is 2. The number of fused-ring (bicyclic) bond motifs is 2. The van der Waals surface area contributed by atoms with Gasteiger partial charge in [0.05, 0.1) is 75.6 Å². The van der Waals surface area contributed by atoms with Crippen molar-refractivity contribution in [2.24, 2.45) is 17.3 Å². The third-order valence-electron chi connectivity index (χ3n) is 8.66. The zero-order valence-electron chi connectivity index (χ0n) is 23.5. The monoisotopic (exact) mass is 588 g/mol. The number of carbonyl (C=O) groups is 2. The van der Waals surface area contributed by atoms with Gasteiger partial charge in [0.25, 0.3) is 0 Å². The highest BCUT2D eigenvalue weighted by Crippen LogP contribution is 2.43. The summed E-state index contributed by atoms with van der Waals surface area (Å²) in [6.07, 6.45) is 2.79. The lowest BCUT2D eigenvalue weighted by Gasteiger charge is -2.37. The van der Waals surface area contributed by atoms with E-state index < -0.39 is 35.5 Å². The van der Waals surface area contributed by atoms with Crippen LogP contribution in [0.3, 0.4) is 0 Å². The van der Waals surface area contributed by atoms with Crippen molar-refractivity contribution in [3.8, 4) is 11.5 Å². The van der Waals surface area contributed by atoms with Crippen LogP contribution in [0.15, 0.2) is 24.3 Å². The van der Waals surface area contributed by atoms with E-state index in [1.54, 1.807) is 7.11 Å². The van der Waals surface area contributed by atoms with Crippen LogP contribution in [-0.2, 0) is 29.0 Å². The van der Waals surface area contributed by atoms with E-state index in [0.29, 0.717) is 52.0 Å². The third kappa shape index (κ3) is 5.93. The number of aliphatic hydroxyl groups is 1. The number of hydrogen-bond donors (Lipinski definition) is 2. The molecule has 1 aromatic heterocycles. The molecule has 0 spiro atoms. The van der Waals surface area contributed by atoms with Crippen LogP contribution in [0.5, 0.6) is 11.5 Å². The fourth-order valence-corrected chi connectivity index (χ4v) is 6.92. The molecule has 0 bridgehead atoms. The summed E-state index contributed by atoms with van der Waals surface area (Å²) < 4.78 is 41.5. The molecule has 220 valence electrons. The van der Waals surface area contributed by atoms with Gasteiger partial charge in [0.2, 0.25) is 5.91 Å². The van der Waals surface area contributed by atoms with Crippen LogP contribution >= 0.6 is 11.3 Å². The number of methoxy groups -OCH3 is 1. The first-order valence-electron chi connectivity index (χ1n) is 13.8. The Morgan fingerprint density at radius 3 is 2.41 bits per heavy atom. The third-order valence-corrected chi connectivity index (χ3v) is 9.67.